The lowest BCUT2D eigenvalue weighted by Gasteiger charge is -2.18. The highest BCUT2D eigenvalue weighted by Crippen LogP contribution is 2.19. The summed E-state index contributed by atoms with van der Waals surface area (Å²) in [6.45, 7) is 5.43. The summed E-state index contributed by atoms with van der Waals surface area (Å²) >= 11 is 0. The van der Waals surface area contributed by atoms with E-state index in [1.165, 1.54) is 12.1 Å². The predicted octanol–water partition coefficient (Wildman–Crippen LogP) is 2.32. The van der Waals surface area contributed by atoms with E-state index in [2.05, 4.69) is 5.32 Å². The number of carbonyl (C=O) groups excluding carboxylic acids is 2. The highest BCUT2D eigenvalue weighted by atomic mass is 19.1. The van der Waals surface area contributed by atoms with E-state index < -0.39 is 11.9 Å². The number of ether oxygens (including phenoxy) is 1. The standard InChI is InChI=1S/C14H18FNO3/c1-4-9(2)16-14(18)10(3)19-13-6-5-12(15)7-11(13)8-17/h5-10H,4H2,1-3H3,(H,16,18). The van der Waals surface area contributed by atoms with Crippen molar-refractivity contribution in [2.75, 3.05) is 0 Å². The van der Waals surface area contributed by atoms with Crippen molar-refractivity contribution in [1.29, 1.82) is 0 Å². The van der Waals surface area contributed by atoms with Crippen LogP contribution in [-0.4, -0.2) is 24.3 Å². The molecular formula is C14H18FNO3. The first-order valence-corrected chi connectivity index (χ1v) is 6.19. The lowest BCUT2D eigenvalue weighted by molar-refractivity contribution is -0.127. The van der Waals surface area contributed by atoms with Gasteiger partial charge in [0.1, 0.15) is 11.6 Å². The quantitative estimate of drug-likeness (QED) is 0.805. The highest BCUT2D eigenvalue weighted by Gasteiger charge is 2.17. The Labute approximate surface area is 112 Å². The smallest absolute Gasteiger partial charge is 0.260 e. The van der Waals surface area contributed by atoms with Gasteiger partial charge in [-0.2, -0.15) is 0 Å². The molecule has 0 fully saturated rings. The van der Waals surface area contributed by atoms with Gasteiger partial charge in [-0.15, -0.1) is 0 Å². The van der Waals surface area contributed by atoms with Crippen LogP contribution in [0.5, 0.6) is 5.75 Å². The zero-order valence-electron chi connectivity index (χ0n) is 11.3. The Kier molecular flexibility index (Phi) is 5.48. The van der Waals surface area contributed by atoms with Gasteiger partial charge in [0.15, 0.2) is 12.4 Å². The first-order chi connectivity index (χ1) is 8.97. The van der Waals surface area contributed by atoms with Crippen LogP contribution in [0.25, 0.3) is 0 Å². The number of nitrogens with one attached hydrogen (secondary N) is 1. The Hall–Kier alpha value is -1.91. The third-order valence-corrected chi connectivity index (χ3v) is 2.77. The fraction of sp³-hybridized carbons (Fsp3) is 0.429. The molecule has 0 bridgehead atoms. The van der Waals surface area contributed by atoms with E-state index in [9.17, 15) is 14.0 Å². The van der Waals surface area contributed by atoms with Gasteiger partial charge in [0, 0.05) is 6.04 Å². The van der Waals surface area contributed by atoms with Crippen molar-refractivity contribution in [3.8, 4) is 5.75 Å². The number of hydrogen-bond donors (Lipinski definition) is 1. The van der Waals surface area contributed by atoms with Gasteiger partial charge in [-0.1, -0.05) is 6.92 Å². The van der Waals surface area contributed by atoms with Crippen LogP contribution in [0, 0.1) is 5.82 Å². The molecule has 1 aromatic rings. The molecule has 0 spiro atoms. The molecule has 1 N–H and O–H groups in total. The summed E-state index contributed by atoms with van der Waals surface area (Å²) in [7, 11) is 0. The normalized spacial score (nSPS) is 13.5. The molecule has 0 heterocycles. The van der Waals surface area contributed by atoms with Crippen molar-refractivity contribution in [3.63, 3.8) is 0 Å². The second-order valence-corrected chi connectivity index (χ2v) is 4.38. The van der Waals surface area contributed by atoms with Gasteiger partial charge < -0.3 is 10.1 Å². The fourth-order valence-corrected chi connectivity index (χ4v) is 1.42. The van der Waals surface area contributed by atoms with Crippen LogP contribution in [-0.2, 0) is 4.79 Å². The Morgan fingerprint density at radius 1 is 1.47 bits per heavy atom. The molecular weight excluding hydrogens is 249 g/mol. The first-order valence-electron chi connectivity index (χ1n) is 6.19. The second kappa shape index (κ2) is 6.87. The fourth-order valence-electron chi connectivity index (χ4n) is 1.42. The van der Waals surface area contributed by atoms with Gasteiger partial charge in [-0.05, 0) is 38.5 Å². The van der Waals surface area contributed by atoms with Crippen LogP contribution in [0.3, 0.4) is 0 Å². The molecule has 5 heteroatoms. The average Bonchev–Trinajstić information content (AvgIpc) is 2.40. The van der Waals surface area contributed by atoms with Crippen molar-refractivity contribution in [2.45, 2.75) is 39.3 Å². The summed E-state index contributed by atoms with van der Waals surface area (Å²) in [6.07, 6.45) is 0.560. The SMILES string of the molecule is CCC(C)NC(=O)C(C)Oc1ccc(F)cc1C=O. The minimum atomic E-state index is -0.752. The Balaban J connectivity index is 2.73. The van der Waals surface area contributed by atoms with Crippen LogP contribution in [0.2, 0.25) is 0 Å². The molecule has 0 aliphatic carbocycles. The molecule has 0 saturated heterocycles. The summed E-state index contributed by atoms with van der Waals surface area (Å²) in [5.74, 6) is -0.593. The monoisotopic (exact) mass is 267 g/mol. The summed E-state index contributed by atoms with van der Waals surface area (Å²) in [5.41, 5.74) is 0.0863. The number of benzene rings is 1. The van der Waals surface area contributed by atoms with Crippen LogP contribution in [0.1, 0.15) is 37.6 Å². The predicted molar refractivity (Wildman–Crippen MR) is 69.8 cm³/mol. The lowest BCUT2D eigenvalue weighted by Crippen LogP contribution is -2.41. The van der Waals surface area contributed by atoms with Gasteiger partial charge in [0.25, 0.3) is 5.91 Å². The molecule has 104 valence electrons. The van der Waals surface area contributed by atoms with E-state index in [1.807, 2.05) is 13.8 Å². The summed E-state index contributed by atoms with van der Waals surface area (Å²) < 4.78 is 18.3. The van der Waals surface area contributed by atoms with E-state index >= 15 is 0 Å². The van der Waals surface area contributed by atoms with Crippen LogP contribution in [0.4, 0.5) is 4.39 Å². The van der Waals surface area contributed by atoms with E-state index in [0.717, 1.165) is 12.5 Å². The summed E-state index contributed by atoms with van der Waals surface area (Å²) in [4.78, 5) is 22.6. The van der Waals surface area contributed by atoms with Gasteiger partial charge in [0.05, 0.1) is 5.56 Å². The van der Waals surface area contributed by atoms with Crippen molar-refractivity contribution in [1.82, 2.24) is 5.32 Å². The molecule has 0 aliphatic heterocycles. The third-order valence-electron chi connectivity index (χ3n) is 2.77. The molecule has 0 saturated carbocycles. The number of aldehydes is 1. The Bertz CT molecular complexity index is 462. The zero-order chi connectivity index (χ0) is 14.4. The molecule has 0 aliphatic rings. The van der Waals surface area contributed by atoms with Gasteiger partial charge in [-0.25, -0.2) is 4.39 Å². The minimum Gasteiger partial charge on any atom is -0.480 e. The maximum absolute atomic E-state index is 13.0. The van der Waals surface area contributed by atoms with E-state index in [4.69, 9.17) is 4.74 Å². The van der Waals surface area contributed by atoms with E-state index in [-0.39, 0.29) is 23.3 Å². The van der Waals surface area contributed by atoms with E-state index in [0.29, 0.717) is 6.29 Å². The molecule has 1 amide bonds. The number of rotatable bonds is 6. The van der Waals surface area contributed by atoms with Crippen molar-refractivity contribution >= 4 is 12.2 Å². The highest BCUT2D eigenvalue weighted by molar-refractivity contribution is 5.82. The molecule has 19 heavy (non-hydrogen) atoms. The Morgan fingerprint density at radius 2 is 2.16 bits per heavy atom. The summed E-state index contributed by atoms with van der Waals surface area (Å²) in [6, 6.07) is 3.65. The molecule has 2 unspecified atom stereocenters. The van der Waals surface area contributed by atoms with E-state index in [1.54, 1.807) is 6.92 Å². The van der Waals surface area contributed by atoms with Gasteiger partial charge >= 0.3 is 0 Å². The van der Waals surface area contributed by atoms with Crippen LogP contribution < -0.4 is 10.1 Å². The topological polar surface area (TPSA) is 55.4 Å². The zero-order valence-corrected chi connectivity index (χ0v) is 11.3. The molecule has 0 aromatic heterocycles. The van der Waals surface area contributed by atoms with Crippen LogP contribution >= 0.6 is 0 Å². The van der Waals surface area contributed by atoms with Crippen molar-refractivity contribution < 1.29 is 18.7 Å². The third kappa shape index (κ3) is 4.35. The van der Waals surface area contributed by atoms with Crippen molar-refractivity contribution in [2.24, 2.45) is 0 Å². The number of hydrogen-bond acceptors (Lipinski definition) is 3. The molecule has 0 radical (unpaired) electrons. The molecule has 4 nitrogen and oxygen atoms in total. The molecule has 2 atom stereocenters. The first kappa shape index (κ1) is 15.1. The second-order valence-electron chi connectivity index (χ2n) is 4.38. The Morgan fingerprint density at radius 3 is 2.74 bits per heavy atom. The number of amides is 1. The number of halogens is 1. The minimum absolute atomic E-state index is 0.0531. The average molecular weight is 267 g/mol. The maximum Gasteiger partial charge on any atom is 0.260 e. The molecule has 1 rings (SSSR count). The van der Waals surface area contributed by atoms with Gasteiger partial charge in [-0.3, -0.25) is 9.59 Å². The van der Waals surface area contributed by atoms with Gasteiger partial charge in [0.2, 0.25) is 0 Å². The number of carbonyl (C=O) groups is 2. The van der Waals surface area contributed by atoms with Crippen molar-refractivity contribution in [3.05, 3.63) is 29.6 Å². The molecule has 1 aromatic carbocycles. The van der Waals surface area contributed by atoms with Crippen LogP contribution in [0.15, 0.2) is 18.2 Å². The largest absolute Gasteiger partial charge is 0.480 e. The summed E-state index contributed by atoms with van der Waals surface area (Å²) in [5, 5.41) is 2.77. The lowest BCUT2D eigenvalue weighted by atomic mass is 10.2. The maximum atomic E-state index is 13.0.